The van der Waals surface area contributed by atoms with Crippen molar-refractivity contribution in [3.8, 4) is 0 Å². The Morgan fingerprint density at radius 2 is 1.77 bits per heavy atom. The molecule has 0 spiro atoms. The summed E-state index contributed by atoms with van der Waals surface area (Å²) in [6.45, 7) is 3.35. The van der Waals surface area contributed by atoms with Crippen LogP contribution in [0.1, 0.15) is 24.2 Å². The molecule has 2 rings (SSSR count). The van der Waals surface area contributed by atoms with Crippen molar-refractivity contribution in [2.24, 2.45) is 0 Å². The van der Waals surface area contributed by atoms with Crippen LogP contribution in [-0.4, -0.2) is 25.3 Å². The maximum absolute atomic E-state index is 13.7. The Balaban J connectivity index is 2.21. The van der Waals surface area contributed by atoms with Crippen molar-refractivity contribution in [3.63, 3.8) is 0 Å². The van der Waals surface area contributed by atoms with Gasteiger partial charge in [-0.2, -0.15) is 0 Å². The number of nitro benzene ring substituents is 1. The summed E-state index contributed by atoms with van der Waals surface area (Å²) >= 11 is 0. The van der Waals surface area contributed by atoms with E-state index in [9.17, 15) is 27.7 Å². The van der Waals surface area contributed by atoms with Gasteiger partial charge < -0.3 is 5.32 Å². The minimum atomic E-state index is -3.70. The molecule has 0 atom stereocenters. The molecule has 2 aromatic carbocycles. The Bertz CT molecular complexity index is 943. The van der Waals surface area contributed by atoms with E-state index in [4.69, 9.17) is 0 Å². The normalized spacial score (nSPS) is 11.4. The Hall–Kier alpha value is -2.85. The van der Waals surface area contributed by atoms with Crippen LogP contribution in [0, 0.1) is 15.9 Å². The summed E-state index contributed by atoms with van der Waals surface area (Å²) in [6.07, 6.45) is 0. The molecule has 26 heavy (non-hydrogen) atoms. The third-order valence-electron chi connectivity index (χ3n) is 3.23. The SMILES string of the molecule is CC(C)NS(=O)(=O)c1ccc(C(=O)Nc2cc([N+](=O)[O-])ccc2F)cc1. The maximum Gasteiger partial charge on any atom is 0.271 e. The molecule has 0 fully saturated rings. The number of rotatable bonds is 6. The molecule has 0 aromatic heterocycles. The van der Waals surface area contributed by atoms with Crippen LogP contribution in [0.5, 0.6) is 0 Å². The number of anilines is 1. The van der Waals surface area contributed by atoms with E-state index in [2.05, 4.69) is 10.0 Å². The number of carbonyl (C=O) groups excluding carboxylic acids is 1. The molecule has 0 aliphatic carbocycles. The highest BCUT2D eigenvalue weighted by Crippen LogP contribution is 2.22. The van der Waals surface area contributed by atoms with Crippen LogP contribution in [0.15, 0.2) is 47.4 Å². The zero-order chi connectivity index (χ0) is 19.5. The number of hydrogen-bond acceptors (Lipinski definition) is 5. The van der Waals surface area contributed by atoms with E-state index >= 15 is 0 Å². The van der Waals surface area contributed by atoms with Gasteiger partial charge in [-0.05, 0) is 44.2 Å². The molecule has 10 heteroatoms. The molecular formula is C16H16FN3O5S. The van der Waals surface area contributed by atoms with Gasteiger partial charge >= 0.3 is 0 Å². The van der Waals surface area contributed by atoms with Gasteiger partial charge in [0.15, 0.2) is 0 Å². The molecule has 138 valence electrons. The molecule has 0 bridgehead atoms. The summed E-state index contributed by atoms with van der Waals surface area (Å²) in [5.74, 6) is -1.56. The average Bonchev–Trinajstić information content (AvgIpc) is 2.55. The number of benzene rings is 2. The van der Waals surface area contributed by atoms with Gasteiger partial charge in [0.25, 0.3) is 11.6 Å². The number of hydrogen-bond donors (Lipinski definition) is 2. The third-order valence-corrected chi connectivity index (χ3v) is 4.90. The highest BCUT2D eigenvalue weighted by Gasteiger charge is 2.17. The van der Waals surface area contributed by atoms with Crippen molar-refractivity contribution in [3.05, 3.63) is 64.0 Å². The minimum absolute atomic E-state index is 0.0238. The first kappa shape index (κ1) is 19.5. The number of nitro groups is 1. The Kier molecular flexibility index (Phi) is 5.68. The summed E-state index contributed by atoms with van der Waals surface area (Å²) in [6, 6.07) is 7.47. The standard InChI is InChI=1S/C16H16FN3O5S/c1-10(2)19-26(24,25)13-6-3-11(4-7-13)16(21)18-15-9-12(20(22)23)5-8-14(15)17/h3-10,19H,1-2H3,(H,18,21). The van der Waals surface area contributed by atoms with Gasteiger partial charge in [-0.25, -0.2) is 17.5 Å². The summed E-state index contributed by atoms with van der Waals surface area (Å²) in [7, 11) is -3.70. The molecule has 0 heterocycles. The summed E-state index contributed by atoms with van der Waals surface area (Å²) in [5, 5.41) is 13.0. The zero-order valence-electron chi connectivity index (χ0n) is 13.9. The molecule has 2 aromatic rings. The molecule has 0 aliphatic rings. The Labute approximate surface area is 149 Å². The molecule has 0 unspecified atom stereocenters. The lowest BCUT2D eigenvalue weighted by atomic mass is 10.2. The summed E-state index contributed by atoms with van der Waals surface area (Å²) < 4.78 is 40.2. The highest BCUT2D eigenvalue weighted by atomic mass is 32.2. The smallest absolute Gasteiger partial charge is 0.271 e. The van der Waals surface area contributed by atoms with Crippen LogP contribution in [-0.2, 0) is 10.0 Å². The highest BCUT2D eigenvalue weighted by molar-refractivity contribution is 7.89. The number of amides is 1. The molecule has 0 saturated carbocycles. The summed E-state index contributed by atoms with van der Waals surface area (Å²) in [4.78, 5) is 22.2. The number of sulfonamides is 1. The third kappa shape index (κ3) is 4.61. The van der Waals surface area contributed by atoms with Crippen LogP contribution in [0.3, 0.4) is 0 Å². The second-order valence-corrected chi connectivity index (χ2v) is 7.39. The van der Waals surface area contributed by atoms with Crippen LogP contribution in [0.4, 0.5) is 15.8 Å². The van der Waals surface area contributed by atoms with E-state index in [1.165, 1.54) is 24.3 Å². The lowest BCUT2D eigenvalue weighted by Crippen LogP contribution is -2.30. The van der Waals surface area contributed by atoms with Crippen LogP contribution in [0.2, 0.25) is 0 Å². The van der Waals surface area contributed by atoms with E-state index in [0.29, 0.717) is 0 Å². The van der Waals surface area contributed by atoms with Gasteiger partial charge in [0, 0.05) is 23.7 Å². The first-order valence-corrected chi connectivity index (χ1v) is 8.96. The predicted molar refractivity (Wildman–Crippen MR) is 92.9 cm³/mol. The monoisotopic (exact) mass is 381 g/mol. The first-order valence-electron chi connectivity index (χ1n) is 7.48. The van der Waals surface area contributed by atoms with Crippen molar-refractivity contribution in [1.82, 2.24) is 4.72 Å². The quantitative estimate of drug-likeness (QED) is 0.589. The fourth-order valence-electron chi connectivity index (χ4n) is 2.08. The average molecular weight is 381 g/mol. The minimum Gasteiger partial charge on any atom is -0.319 e. The van der Waals surface area contributed by atoms with E-state index < -0.39 is 26.7 Å². The topological polar surface area (TPSA) is 118 Å². The van der Waals surface area contributed by atoms with Crippen molar-refractivity contribution in [1.29, 1.82) is 0 Å². The predicted octanol–water partition coefficient (Wildman–Crippen LogP) is 2.67. The molecule has 0 aliphatic heterocycles. The Morgan fingerprint density at radius 3 is 2.31 bits per heavy atom. The van der Waals surface area contributed by atoms with Crippen molar-refractivity contribution < 1.29 is 22.5 Å². The Morgan fingerprint density at radius 1 is 1.15 bits per heavy atom. The molecule has 2 N–H and O–H groups in total. The lowest BCUT2D eigenvalue weighted by Gasteiger charge is -2.10. The van der Waals surface area contributed by atoms with Crippen molar-refractivity contribution in [2.75, 3.05) is 5.32 Å². The van der Waals surface area contributed by atoms with Gasteiger partial charge in [-0.15, -0.1) is 0 Å². The van der Waals surface area contributed by atoms with E-state index in [1.807, 2.05) is 0 Å². The number of carbonyl (C=O) groups is 1. The van der Waals surface area contributed by atoms with Gasteiger partial charge in [-0.1, -0.05) is 0 Å². The van der Waals surface area contributed by atoms with Crippen LogP contribution in [0.25, 0.3) is 0 Å². The second-order valence-electron chi connectivity index (χ2n) is 5.68. The van der Waals surface area contributed by atoms with Gasteiger partial charge in [0.1, 0.15) is 5.82 Å². The van der Waals surface area contributed by atoms with E-state index in [-0.39, 0.29) is 27.9 Å². The lowest BCUT2D eigenvalue weighted by molar-refractivity contribution is -0.384. The zero-order valence-corrected chi connectivity index (χ0v) is 14.7. The number of halogens is 1. The van der Waals surface area contributed by atoms with Gasteiger partial charge in [0.05, 0.1) is 15.5 Å². The molecule has 0 saturated heterocycles. The summed E-state index contributed by atoms with van der Waals surface area (Å²) in [5.41, 5.74) is -0.648. The molecule has 0 radical (unpaired) electrons. The van der Waals surface area contributed by atoms with E-state index in [0.717, 1.165) is 18.2 Å². The van der Waals surface area contributed by atoms with Crippen molar-refractivity contribution >= 4 is 27.3 Å². The van der Waals surface area contributed by atoms with Crippen molar-refractivity contribution in [2.45, 2.75) is 24.8 Å². The number of nitrogens with one attached hydrogen (secondary N) is 2. The van der Waals surface area contributed by atoms with Crippen LogP contribution < -0.4 is 10.0 Å². The first-order chi connectivity index (χ1) is 12.1. The fourth-order valence-corrected chi connectivity index (χ4v) is 3.33. The van der Waals surface area contributed by atoms with Crippen LogP contribution >= 0.6 is 0 Å². The maximum atomic E-state index is 13.7. The molecule has 1 amide bonds. The van der Waals surface area contributed by atoms with Gasteiger partial charge in [-0.3, -0.25) is 14.9 Å². The largest absolute Gasteiger partial charge is 0.319 e. The number of non-ortho nitro benzene ring substituents is 1. The number of nitrogens with zero attached hydrogens (tertiary/aromatic N) is 1. The molecule has 8 nitrogen and oxygen atoms in total. The second kappa shape index (κ2) is 7.58. The van der Waals surface area contributed by atoms with Gasteiger partial charge in [0.2, 0.25) is 10.0 Å². The van der Waals surface area contributed by atoms with E-state index in [1.54, 1.807) is 13.8 Å². The molecular weight excluding hydrogens is 365 g/mol. The fraction of sp³-hybridized carbons (Fsp3) is 0.188.